The van der Waals surface area contributed by atoms with Gasteiger partial charge in [0.05, 0.1) is 16.0 Å². The van der Waals surface area contributed by atoms with Gasteiger partial charge in [0.2, 0.25) is 0 Å². The molecule has 0 radical (unpaired) electrons. The lowest BCUT2D eigenvalue weighted by atomic mass is 10.3. The summed E-state index contributed by atoms with van der Waals surface area (Å²) in [5, 5.41) is -0.0296. The Labute approximate surface area is 101 Å². The number of aromatic nitrogens is 1. The molecule has 1 heterocycles. The van der Waals surface area contributed by atoms with Gasteiger partial charge in [-0.1, -0.05) is 11.6 Å². The minimum Gasteiger partial charge on any atom is -0.252 e. The largest absolute Gasteiger partial charge is 0.252 e. The molecular weight excluding hydrogens is 251 g/mol. The van der Waals surface area contributed by atoms with Crippen LogP contribution in [0, 0.1) is 5.82 Å². The van der Waals surface area contributed by atoms with Crippen molar-refractivity contribution in [3.8, 4) is 0 Å². The molecule has 0 aromatic carbocycles. The Morgan fingerprint density at radius 2 is 2.19 bits per heavy atom. The molecule has 0 aliphatic rings. The topological polar surface area (TPSA) is 42.3 Å². The molecule has 0 saturated carbocycles. The van der Waals surface area contributed by atoms with Gasteiger partial charge in [0.15, 0.2) is 5.82 Å². The summed E-state index contributed by atoms with van der Waals surface area (Å²) in [5.41, 5.74) is -0.00917. The molecule has 0 fully saturated rings. The summed E-state index contributed by atoms with van der Waals surface area (Å²) in [5.74, 6) is -0.654. The molecule has 0 N–H and O–H groups in total. The van der Waals surface area contributed by atoms with Crippen LogP contribution in [0.4, 0.5) is 4.39 Å². The monoisotopic (exact) mass is 262 g/mol. The van der Waals surface area contributed by atoms with Crippen molar-refractivity contribution in [1.29, 1.82) is 0 Å². The highest BCUT2D eigenvalue weighted by atomic mass is 35.5. The van der Waals surface area contributed by atoms with E-state index in [0.29, 0.717) is 0 Å². The fraction of sp³-hybridized carbons (Fsp3) is 0.400. The zero-order valence-electron chi connectivity index (χ0n) is 9.20. The highest BCUT2D eigenvalue weighted by Crippen LogP contribution is 2.15. The number of nitrogens with zero attached hydrogens (tertiary/aromatic N) is 2. The van der Waals surface area contributed by atoms with E-state index in [2.05, 4.69) is 9.38 Å². The van der Waals surface area contributed by atoms with Crippen LogP contribution in [-0.4, -0.2) is 20.2 Å². The molecule has 1 rings (SSSR count). The van der Waals surface area contributed by atoms with Crippen molar-refractivity contribution >= 4 is 28.8 Å². The van der Waals surface area contributed by atoms with Gasteiger partial charge in [0, 0.05) is 6.20 Å². The maximum atomic E-state index is 13.4. The quantitative estimate of drug-likeness (QED) is 0.769. The van der Waals surface area contributed by atoms with Crippen molar-refractivity contribution in [3.63, 3.8) is 0 Å². The van der Waals surface area contributed by atoms with Crippen LogP contribution in [0.1, 0.15) is 26.5 Å². The lowest BCUT2D eigenvalue weighted by molar-refractivity contribution is 0.619. The van der Waals surface area contributed by atoms with Gasteiger partial charge in [-0.25, -0.2) is 8.60 Å². The van der Waals surface area contributed by atoms with Crippen LogP contribution in [-0.2, 0) is 11.0 Å². The number of halogens is 2. The normalized spacial score (nSPS) is 14.3. The predicted octanol–water partition coefficient (Wildman–Crippen LogP) is 2.76. The standard InChI is InChI=1S/C10H12ClFN2OS/c1-10(2,3)16(15)14-6-8-9(12)7(11)4-5-13-8/h4-6H,1-3H3/b14-6+. The third-order valence-electron chi connectivity index (χ3n) is 1.66. The average Bonchev–Trinajstić information content (AvgIpc) is 2.18. The first-order valence-corrected chi connectivity index (χ1v) is 6.07. The lowest BCUT2D eigenvalue weighted by Crippen LogP contribution is -2.19. The highest BCUT2D eigenvalue weighted by molar-refractivity contribution is 7.85. The zero-order valence-corrected chi connectivity index (χ0v) is 10.8. The molecule has 1 unspecified atom stereocenters. The second-order valence-corrected chi connectivity index (χ2v) is 6.43. The molecule has 0 bridgehead atoms. The first-order valence-electron chi connectivity index (χ1n) is 4.58. The second kappa shape index (κ2) is 5.01. The van der Waals surface area contributed by atoms with Gasteiger partial charge < -0.3 is 0 Å². The van der Waals surface area contributed by atoms with Crippen molar-refractivity contribution < 1.29 is 8.60 Å². The maximum absolute atomic E-state index is 13.4. The van der Waals surface area contributed by atoms with Gasteiger partial charge in [0.1, 0.15) is 16.7 Å². The summed E-state index contributed by atoms with van der Waals surface area (Å²) >= 11 is 5.57. The second-order valence-electron chi connectivity index (χ2n) is 4.09. The number of pyridine rings is 1. The smallest absolute Gasteiger partial charge is 0.169 e. The van der Waals surface area contributed by atoms with Crippen molar-refractivity contribution in [2.75, 3.05) is 0 Å². The van der Waals surface area contributed by atoms with Crippen LogP contribution in [0.3, 0.4) is 0 Å². The molecule has 1 atom stereocenters. The van der Waals surface area contributed by atoms with Gasteiger partial charge in [-0.3, -0.25) is 4.98 Å². The molecule has 1 aromatic heterocycles. The van der Waals surface area contributed by atoms with E-state index in [1.165, 1.54) is 12.3 Å². The molecule has 16 heavy (non-hydrogen) atoms. The van der Waals surface area contributed by atoms with Gasteiger partial charge >= 0.3 is 0 Å². The van der Waals surface area contributed by atoms with Gasteiger partial charge in [-0.05, 0) is 26.8 Å². The zero-order chi connectivity index (χ0) is 12.3. The van der Waals surface area contributed by atoms with Crippen LogP contribution in [0.25, 0.3) is 0 Å². The third-order valence-corrected chi connectivity index (χ3v) is 3.30. The number of hydrogen-bond acceptors (Lipinski definition) is 2. The minimum atomic E-state index is -1.43. The molecular formula is C10H12ClFN2OS. The highest BCUT2D eigenvalue weighted by Gasteiger charge is 2.18. The fourth-order valence-corrected chi connectivity index (χ4v) is 1.45. The molecule has 3 nitrogen and oxygen atoms in total. The summed E-state index contributed by atoms with van der Waals surface area (Å²) in [4.78, 5) is 3.75. The van der Waals surface area contributed by atoms with E-state index in [-0.39, 0.29) is 10.7 Å². The molecule has 1 aromatic rings. The number of hydrogen-bond donors (Lipinski definition) is 0. The van der Waals surface area contributed by atoms with Crippen molar-refractivity contribution in [2.45, 2.75) is 25.5 Å². The Kier molecular flexibility index (Phi) is 4.15. The molecule has 0 amide bonds. The Bertz CT molecular complexity index is 443. The van der Waals surface area contributed by atoms with E-state index >= 15 is 0 Å². The van der Waals surface area contributed by atoms with Crippen molar-refractivity contribution in [3.05, 3.63) is 28.8 Å². The lowest BCUT2D eigenvalue weighted by Gasteiger charge is -2.12. The van der Waals surface area contributed by atoms with Gasteiger partial charge in [0.25, 0.3) is 0 Å². The molecule has 0 saturated heterocycles. The van der Waals surface area contributed by atoms with Crippen molar-refractivity contribution in [2.24, 2.45) is 4.40 Å². The van der Waals surface area contributed by atoms with E-state index in [4.69, 9.17) is 11.6 Å². The van der Waals surface area contributed by atoms with E-state index in [0.717, 1.165) is 6.21 Å². The van der Waals surface area contributed by atoms with Crippen LogP contribution < -0.4 is 0 Å². The first kappa shape index (κ1) is 13.3. The van der Waals surface area contributed by atoms with Crippen LogP contribution in [0.5, 0.6) is 0 Å². The molecule has 6 heteroatoms. The van der Waals surface area contributed by atoms with Crippen LogP contribution >= 0.6 is 11.6 Å². The van der Waals surface area contributed by atoms with Crippen LogP contribution in [0.2, 0.25) is 5.02 Å². The minimum absolute atomic E-state index is 0.00917. The van der Waals surface area contributed by atoms with E-state index in [1.807, 2.05) is 0 Å². The van der Waals surface area contributed by atoms with Crippen LogP contribution in [0.15, 0.2) is 16.7 Å². The maximum Gasteiger partial charge on any atom is 0.169 e. The SMILES string of the molecule is CC(C)(C)S(=O)/N=C/c1nccc(Cl)c1F. The Morgan fingerprint density at radius 1 is 1.56 bits per heavy atom. The summed E-state index contributed by atoms with van der Waals surface area (Å²) in [7, 11) is -1.43. The summed E-state index contributed by atoms with van der Waals surface area (Å²) in [6.45, 7) is 5.34. The summed E-state index contributed by atoms with van der Waals surface area (Å²) in [6.07, 6.45) is 2.51. The Hall–Kier alpha value is -0.810. The van der Waals surface area contributed by atoms with E-state index < -0.39 is 21.5 Å². The molecule has 0 spiro atoms. The number of rotatable bonds is 2. The molecule has 0 aliphatic carbocycles. The van der Waals surface area contributed by atoms with Gasteiger partial charge in [-0.2, -0.15) is 4.40 Å². The first-order chi connectivity index (χ1) is 7.32. The van der Waals surface area contributed by atoms with E-state index in [9.17, 15) is 8.60 Å². The van der Waals surface area contributed by atoms with E-state index in [1.54, 1.807) is 20.8 Å². The Morgan fingerprint density at radius 3 is 2.75 bits per heavy atom. The molecule has 88 valence electrons. The van der Waals surface area contributed by atoms with Gasteiger partial charge in [-0.15, -0.1) is 0 Å². The average molecular weight is 263 g/mol. The molecule has 0 aliphatic heterocycles. The summed E-state index contributed by atoms with van der Waals surface area (Å²) < 4.78 is 28.2. The third kappa shape index (κ3) is 3.35. The predicted molar refractivity (Wildman–Crippen MR) is 64.7 cm³/mol. The summed E-state index contributed by atoms with van der Waals surface area (Å²) in [6, 6.07) is 1.34. The fourth-order valence-electron chi connectivity index (χ4n) is 0.781. The van der Waals surface area contributed by atoms with Crippen molar-refractivity contribution in [1.82, 2.24) is 4.98 Å². The Balaban J connectivity index is 2.94.